The molecule has 0 bridgehead atoms. The number of benzene rings is 1. The molecule has 22 heavy (non-hydrogen) atoms. The number of methoxy groups -OCH3 is 1. The second-order valence-corrected chi connectivity index (χ2v) is 5.93. The molecule has 0 spiro atoms. The maximum atomic E-state index is 12.7. The highest BCUT2D eigenvalue weighted by Crippen LogP contribution is 2.24. The number of amides is 1. The van der Waals surface area contributed by atoms with Gasteiger partial charge in [-0.1, -0.05) is 26.2 Å². The van der Waals surface area contributed by atoms with Crippen LogP contribution in [0.1, 0.15) is 45.4 Å². The summed E-state index contributed by atoms with van der Waals surface area (Å²) in [5.74, 6) is 1.58. The first kappa shape index (κ1) is 16.7. The van der Waals surface area contributed by atoms with Crippen LogP contribution in [0.2, 0.25) is 0 Å². The first-order valence-corrected chi connectivity index (χ1v) is 8.23. The zero-order chi connectivity index (χ0) is 15.9. The first-order valence-electron chi connectivity index (χ1n) is 8.23. The molecule has 1 aliphatic rings. The maximum Gasteiger partial charge on any atom is 0.263 e. The maximum absolute atomic E-state index is 12.7. The van der Waals surface area contributed by atoms with E-state index in [0.29, 0.717) is 18.2 Å². The second kappa shape index (κ2) is 8.06. The van der Waals surface area contributed by atoms with Gasteiger partial charge in [0, 0.05) is 13.1 Å². The number of likely N-dealkylation sites (N-methyl/N-ethyl adjacent to an activating group) is 1. The van der Waals surface area contributed by atoms with Crippen LogP contribution in [0.3, 0.4) is 0 Å². The Hall–Kier alpha value is -1.71. The predicted molar refractivity (Wildman–Crippen MR) is 87.3 cm³/mol. The average molecular weight is 305 g/mol. The van der Waals surface area contributed by atoms with Crippen molar-refractivity contribution in [3.8, 4) is 11.5 Å². The Morgan fingerprint density at radius 3 is 2.32 bits per heavy atom. The number of ether oxygens (including phenoxy) is 2. The highest BCUT2D eigenvalue weighted by atomic mass is 16.5. The van der Waals surface area contributed by atoms with Gasteiger partial charge in [-0.25, -0.2) is 0 Å². The number of carbonyl (C=O) groups excluding carboxylic acids is 1. The van der Waals surface area contributed by atoms with Crippen LogP contribution >= 0.6 is 0 Å². The Bertz CT molecular complexity index is 466. The molecule has 4 nitrogen and oxygen atoms in total. The molecule has 0 N–H and O–H groups in total. The van der Waals surface area contributed by atoms with Crippen LogP contribution in [0.15, 0.2) is 24.3 Å². The minimum absolute atomic E-state index is 0.0882. The molecule has 1 aliphatic carbocycles. The van der Waals surface area contributed by atoms with Gasteiger partial charge in [0.25, 0.3) is 5.91 Å². The quantitative estimate of drug-likeness (QED) is 0.805. The van der Waals surface area contributed by atoms with Crippen LogP contribution in [-0.2, 0) is 4.79 Å². The molecule has 0 aliphatic heterocycles. The predicted octanol–water partition coefficient (Wildman–Crippen LogP) is 3.64. The van der Waals surface area contributed by atoms with Gasteiger partial charge in [-0.3, -0.25) is 4.79 Å². The highest BCUT2D eigenvalue weighted by Gasteiger charge is 2.28. The van der Waals surface area contributed by atoms with E-state index < -0.39 is 6.10 Å². The standard InChI is InChI=1S/C18H27NO3/c1-4-17(22-16-12-10-15(21-3)11-13-16)18(20)19(2)14-8-6-5-7-9-14/h10-14,17H,4-9H2,1-3H3/t17-/m1/s1. The first-order chi connectivity index (χ1) is 10.7. The van der Waals surface area contributed by atoms with Crippen molar-refractivity contribution >= 4 is 5.91 Å². The van der Waals surface area contributed by atoms with Gasteiger partial charge in [-0.2, -0.15) is 0 Å². The molecule has 2 rings (SSSR count). The monoisotopic (exact) mass is 305 g/mol. The van der Waals surface area contributed by atoms with E-state index in [1.807, 2.05) is 43.1 Å². The SMILES string of the molecule is CC[C@@H](Oc1ccc(OC)cc1)C(=O)N(C)C1CCCCC1. The summed E-state index contributed by atoms with van der Waals surface area (Å²) < 4.78 is 11.0. The Balaban J connectivity index is 1.98. The third-order valence-corrected chi connectivity index (χ3v) is 4.45. The Labute approximate surface area is 133 Å². The van der Waals surface area contributed by atoms with Gasteiger partial charge in [0.15, 0.2) is 6.10 Å². The van der Waals surface area contributed by atoms with Gasteiger partial charge in [-0.05, 0) is 43.5 Å². The largest absolute Gasteiger partial charge is 0.497 e. The van der Waals surface area contributed by atoms with Gasteiger partial charge in [0.05, 0.1) is 7.11 Å². The van der Waals surface area contributed by atoms with E-state index in [1.165, 1.54) is 19.3 Å². The van der Waals surface area contributed by atoms with Gasteiger partial charge in [0.2, 0.25) is 0 Å². The van der Waals surface area contributed by atoms with Crippen molar-refractivity contribution in [3.05, 3.63) is 24.3 Å². The molecule has 1 saturated carbocycles. The molecule has 0 radical (unpaired) electrons. The zero-order valence-electron chi connectivity index (χ0n) is 13.9. The van der Waals surface area contributed by atoms with Crippen molar-refractivity contribution in [1.82, 2.24) is 4.90 Å². The number of hydrogen-bond acceptors (Lipinski definition) is 3. The minimum Gasteiger partial charge on any atom is -0.497 e. The lowest BCUT2D eigenvalue weighted by atomic mass is 9.94. The lowest BCUT2D eigenvalue weighted by Crippen LogP contribution is -2.45. The summed E-state index contributed by atoms with van der Waals surface area (Å²) in [5.41, 5.74) is 0. The van der Waals surface area contributed by atoms with Crippen LogP contribution < -0.4 is 9.47 Å². The van der Waals surface area contributed by atoms with Gasteiger partial charge in [0.1, 0.15) is 11.5 Å². The van der Waals surface area contributed by atoms with E-state index in [-0.39, 0.29) is 5.91 Å². The summed E-state index contributed by atoms with van der Waals surface area (Å²) in [6.45, 7) is 1.99. The van der Waals surface area contributed by atoms with Crippen LogP contribution in [-0.4, -0.2) is 37.1 Å². The van der Waals surface area contributed by atoms with E-state index in [2.05, 4.69) is 0 Å². The number of carbonyl (C=O) groups is 1. The molecule has 0 heterocycles. The Kier molecular flexibility index (Phi) is 6.10. The van der Waals surface area contributed by atoms with Gasteiger partial charge in [-0.15, -0.1) is 0 Å². The fourth-order valence-electron chi connectivity index (χ4n) is 3.00. The van der Waals surface area contributed by atoms with Gasteiger partial charge < -0.3 is 14.4 Å². The Morgan fingerprint density at radius 2 is 1.77 bits per heavy atom. The van der Waals surface area contributed by atoms with E-state index in [0.717, 1.165) is 18.6 Å². The van der Waals surface area contributed by atoms with E-state index in [9.17, 15) is 4.79 Å². The molecule has 1 fully saturated rings. The summed E-state index contributed by atoms with van der Waals surface area (Å²) in [6.07, 6.45) is 6.21. The molecule has 4 heteroatoms. The molecule has 0 saturated heterocycles. The van der Waals surface area contributed by atoms with E-state index >= 15 is 0 Å². The highest BCUT2D eigenvalue weighted by molar-refractivity contribution is 5.81. The normalized spacial score (nSPS) is 16.9. The van der Waals surface area contributed by atoms with E-state index in [4.69, 9.17) is 9.47 Å². The molecule has 1 aromatic carbocycles. The smallest absolute Gasteiger partial charge is 0.263 e. The van der Waals surface area contributed by atoms with Crippen LogP contribution in [0.25, 0.3) is 0 Å². The topological polar surface area (TPSA) is 38.8 Å². The summed E-state index contributed by atoms with van der Waals surface area (Å²) in [5, 5.41) is 0. The second-order valence-electron chi connectivity index (χ2n) is 5.93. The van der Waals surface area contributed by atoms with Crippen LogP contribution in [0.4, 0.5) is 0 Å². The summed E-state index contributed by atoms with van der Waals surface area (Å²) in [7, 11) is 3.55. The summed E-state index contributed by atoms with van der Waals surface area (Å²) >= 11 is 0. The molecule has 122 valence electrons. The zero-order valence-corrected chi connectivity index (χ0v) is 13.9. The Morgan fingerprint density at radius 1 is 1.18 bits per heavy atom. The van der Waals surface area contributed by atoms with Crippen molar-refractivity contribution in [2.24, 2.45) is 0 Å². The molecule has 1 atom stereocenters. The minimum atomic E-state index is -0.416. The molecule has 0 unspecified atom stereocenters. The van der Waals surface area contributed by atoms with Crippen molar-refractivity contribution in [2.75, 3.05) is 14.2 Å². The van der Waals surface area contributed by atoms with E-state index in [1.54, 1.807) is 7.11 Å². The molecular formula is C18H27NO3. The molecule has 1 amide bonds. The van der Waals surface area contributed by atoms with Crippen LogP contribution in [0.5, 0.6) is 11.5 Å². The fraction of sp³-hybridized carbons (Fsp3) is 0.611. The lowest BCUT2D eigenvalue weighted by Gasteiger charge is -2.33. The van der Waals surface area contributed by atoms with Crippen molar-refractivity contribution < 1.29 is 14.3 Å². The third-order valence-electron chi connectivity index (χ3n) is 4.45. The average Bonchev–Trinajstić information content (AvgIpc) is 2.59. The number of rotatable bonds is 6. The molecule has 0 aromatic heterocycles. The van der Waals surface area contributed by atoms with Crippen molar-refractivity contribution in [3.63, 3.8) is 0 Å². The summed E-state index contributed by atoms with van der Waals surface area (Å²) in [6, 6.07) is 7.74. The number of hydrogen-bond donors (Lipinski definition) is 0. The van der Waals surface area contributed by atoms with Gasteiger partial charge >= 0.3 is 0 Å². The lowest BCUT2D eigenvalue weighted by molar-refractivity contribution is -0.140. The molecule has 1 aromatic rings. The summed E-state index contributed by atoms with van der Waals surface area (Å²) in [4.78, 5) is 14.6. The third kappa shape index (κ3) is 4.15. The van der Waals surface area contributed by atoms with Crippen LogP contribution in [0, 0.1) is 0 Å². The van der Waals surface area contributed by atoms with Crippen molar-refractivity contribution in [2.45, 2.75) is 57.6 Å². The number of nitrogens with zero attached hydrogens (tertiary/aromatic N) is 1. The molecular weight excluding hydrogens is 278 g/mol. The van der Waals surface area contributed by atoms with Crippen molar-refractivity contribution in [1.29, 1.82) is 0 Å². The fourth-order valence-corrected chi connectivity index (χ4v) is 3.00.